The minimum atomic E-state index is -4.27. The van der Waals surface area contributed by atoms with Gasteiger partial charge >= 0.3 is 0 Å². The van der Waals surface area contributed by atoms with Crippen LogP contribution in [0.25, 0.3) is 0 Å². The van der Waals surface area contributed by atoms with Crippen LogP contribution >= 0.6 is 0 Å². The zero-order valence-electron chi connectivity index (χ0n) is 22.5. The Kier molecular flexibility index (Phi) is 11.2. The fraction of sp³-hybridized carbons (Fsp3) is 0.226. The quantitative estimate of drug-likeness (QED) is 0.183. The van der Waals surface area contributed by atoms with Crippen molar-refractivity contribution in [3.05, 3.63) is 138 Å². The highest BCUT2D eigenvalue weighted by Crippen LogP contribution is 2.25. The van der Waals surface area contributed by atoms with Crippen LogP contribution in [0.2, 0.25) is 0 Å². The maximum Gasteiger partial charge on any atom is 0.265 e. The van der Waals surface area contributed by atoms with Crippen LogP contribution in [0, 0.1) is 6.92 Å². The Hall–Kier alpha value is -3.34. The smallest absolute Gasteiger partial charge is 0.265 e. The molecule has 9 heteroatoms. The van der Waals surface area contributed by atoms with E-state index >= 15 is 0 Å². The normalized spacial score (nSPS) is 11.9. The molecule has 0 radical (unpaired) electrons. The highest BCUT2D eigenvalue weighted by atomic mass is 32.2. The van der Waals surface area contributed by atoms with Gasteiger partial charge in [0, 0.05) is 23.1 Å². The van der Waals surface area contributed by atoms with E-state index in [2.05, 4.69) is 36.4 Å². The minimum absolute atomic E-state index is 0.178. The summed E-state index contributed by atoms with van der Waals surface area (Å²) in [6.07, 6.45) is 0.408. The highest BCUT2D eigenvalue weighted by molar-refractivity contribution is 7.86. The number of nitrogens with zero attached hydrogens (tertiary/aromatic N) is 1. The van der Waals surface area contributed by atoms with Gasteiger partial charge in [-0.1, -0.05) is 109 Å². The summed E-state index contributed by atoms with van der Waals surface area (Å²) in [4.78, 5) is -0.178. The van der Waals surface area contributed by atoms with E-state index in [-0.39, 0.29) is 10.6 Å². The molecule has 0 bridgehead atoms. The van der Waals surface area contributed by atoms with Gasteiger partial charge in [-0.15, -0.1) is 0 Å². The van der Waals surface area contributed by atoms with Crippen LogP contribution in [-0.2, 0) is 39.9 Å². The van der Waals surface area contributed by atoms with E-state index < -0.39 is 20.2 Å². The van der Waals surface area contributed by atoms with Crippen molar-refractivity contribution in [1.29, 1.82) is 0 Å². The maximum absolute atomic E-state index is 11.3. The lowest BCUT2D eigenvalue weighted by Gasteiger charge is -2.39. The second kappa shape index (κ2) is 14.3. The first-order valence-corrected chi connectivity index (χ1v) is 15.9. The largest absolute Gasteiger partial charge is 0.744 e. The van der Waals surface area contributed by atoms with E-state index in [0.29, 0.717) is 17.4 Å². The van der Waals surface area contributed by atoms with Crippen molar-refractivity contribution in [2.45, 2.75) is 37.9 Å². The van der Waals surface area contributed by atoms with Crippen molar-refractivity contribution in [3.8, 4) is 0 Å². The summed E-state index contributed by atoms with van der Waals surface area (Å²) < 4.78 is 63.8. The van der Waals surface area contributed by atoms with Gasteiger partial charge in [0.1, 0.15) is 29.8 Å². The maximum atomic E-state index is 11.3. The fourth-order valence-electron chi connectivity index (χ4n) is 4.60. The number of rotatable bonds is 11. The van der Waals surface area contributed by atoms with Crippen LogP contribution in [0.15, 0.2) is 120 Å². The van der Waals surface area contributed by atoms with Crippen LogP contribution in [0.1, 0.15) is 28.7 Å². The molecule has 4 aromatic carbocycles. The van der Waals surface area contributed by atoms with Gasteiger partial charge in [0.15, 0.2) is 0 Å². The summed E-state index contributed by atoms with van der Waals surface area (Å²) in [6.45, 7) is 4.84. The predicted octanol–water partition coefficient (Wildman–Crippen LogP) is 5.58. The standard InChI is InChI=1S/C24H27NO3S.C7H8O3S/c26-29(27,28)18-10-17-25(19-22-11-4-1-5-12-22,20-23-13-6-2-7-14-23)21-24-15-8-3-9-16-24;1-6-2-4-7(5-3-6)11(8,9)10/h1-9,11-16H,10,17-21H2;2-5H,1H3,(H,8,9,10). The zero-order chi connectivity index (χ0) is 29.1. The summed E-state index contributed by atoms with van der Waals surface area (Å²) in [5, 5.41) is 0. The molecule has 7 nitrogen and oxygen atoms in total. The monoisotopic (exact) mass is 581 g/mol. The van der Waals surface area contributed by atoms with Crippen molar-refractivity contribution < 1.29 is 30.4 Å². The van der Waals surface area contributed by atoms with E-state index in [0.717, 1.165) is 25.2 Å². The van der Waals surface area contributed by atoms with Gasteiger partial charge in [0.05, 0.1) is 17.2 Å². The molecule has 0 fully saturated rings. The van der Waals surface area contributed by atoms with Crippen LogP contribution < -0.4 is 0 Å². The lowest BCUT2D eigenvalue weighted by molar-refractivity contribution is -0.966. The molecule has 1 N–H and O–H groups in total. The molecular formula is C31H35NO6S2. The number of hydrogen-bond acceptors (Lipinski definition) is 5. The number of hydrogen-bond donors (Lipinski definition) is 1. The van der Waals surface area contributed by atoms with Gasteiger partial charge in [-0.05, 0) is 19.1 Å². The summed E-state index contributed by atoms with van der Waals surface area (Å²) in [7, 11) is -8.24. The minimum Gasteiger partial charge on any atom is -0.744 e. The number of benzene rings is 4. The molecule has 40 heavy (non-hydrogen) atoms. The number of aryl methyl sites for hydroxylation is 1. The summed E-state index contributed by atoms with van der Waals surface area (Å²) in [6, 6.07) is 36.7. The van der Waals surface area contributed by atoms with Gasteiger partial charge in [-0.2, -0.15) is 8.42 Å². The first-order valence-electron chi connectivity index (χ1n) is 12.9. The average molecular weight is 582 g/mol. The summed E-state index contributed by atoms with van der Waals surface area (Å²) >= 11 is 0. The highest BCUT2D eigenvalue weighted by Gasteiger charge is 2.29. The summed E-state index contributed by atoms with van der Waals surface area (Å²) in [5.41, 5.74) is 4.57. The van der Waals surface area contributed by atoms with E-state index in [4.69, 9.17) is 0 Å². The van der Waals surface area contributed by atoms with Crippen molar-refractivity contribution in [2.75, 3.05) is 12.3 Å². The molecule has 4 rings (SSSR count). The Labute approximate surface area is 237 Å². The van der Waals surface area contributed by atoms with Crippen LogP contribution in [0.4, 0.5) is 0 Å². The molecule has 0 aliphatic carbocycles. The SMILES string of the molecule is Cc1ccc(S(=O)(=O)[O-])cc1.O=S(=O)(O)CCC[N+](Cc1ccccc1)(Cc1ccccc1)Cc1ccccc1. The number of quaternary nitrogens is 1. The lowest BCUT2D eigenvalue weighted by atomic mass is 10.1. The molecule has 0 amide bonds. The molecule has 0 aliphatic heterocycles. The van der Waals surface area contributed by atoms with Crippen LogP contribution in [0.3, 0.4) is 0 Å². The Bertz CT molecular complexity index is 1420. The molecule has 4 aromatic rings. The fourth-order valence-corrected chi connectivity index (χ4v) is 5.57. The molecule has 0 saturated carbocycles. The Morgan fingerprint density at radius 2 is 1.00 bits per heavy atom. The lowest BCUT2D eigenvalue weighted by Crippen LogP contribution is -2.47. The topological polar surface area (TPSA) is 112 Å². The average Bonchev–Trinajstić information content (AvgIpc) is 2.90. The Morgan fingerprint density at radius 3 is 1.32 bits per heavy atom. The molecule has 0 atom stereocenters. The molecule has 0 spiro atoms. The third kappa shape index (κ3) is 11.0. The molecule has 0 heterocycles. The van der Waals surface area contributed by atoms with Gasteiger partial charge in [0.2, 0.25) is 0 Å². The van der Waals surface area contributed by atoms with E-state index in [1.807, 2.05) is 61.5 Å². The van der Waals surface area contributed by atoms with E-state index in [9.17, 15) is 25.9 Å². The molecule has 0 saturated heterocycles. The van der Waals surface area contributed by atoms with Crippen molar-refractivity contribution in [2.24, 2.45) is 0 Å². The van der Waals surface area contributed by atoms with Crippen molar-refractivity contribution in [3.63, 3.8) is 0 Å². The van der Waals surface area contributed by atoms with E-state index in [1.165, 1.54) is 28.8 Å². The Balaban J connectivity index is 0.000000336. The molecule has 212 valence electrons. The third-order valence-corrected chi connectivity index (χ3v) is 8.08. The van der Waals surface area contributed by atoms with Crippen molar-refractivity contribution in [1.82, 2.24) is 0 Å². The summed E-state index contributed by atoms with van der Waals surface area (Å²) in [5.74, 6) is -0.217. The van der Waals surface area contributed by atoms with E-state index in [1.54, 1.807) is 12.1 Å². The van der Waals surface area contributed by atoms with Gasteiger partial charge in [0.25, 0.3) is 10.1 Å². The van der Waals surface area contributed by atoms with Gasteiger partial charge < -0.3 is 9.04 Å². The second-order valence-electron chi connectivity index (χ2n) is 9.90. The second-order valence-corrected chi connectivity index (χ2v) is 12.9. The van der Waals surface area contributed by atoms with Crippen LogP contribution in [-0.4, -0.2) is 42.7 Å². The molecular weight excluding hydrogens is 546 g/mol. The molecule has 0 unspecified atom stereocenters. The van der Waals surface area contributed by atoms with Crippen LogP contribution in [0.5, 0.6) is 0 Å². The third-order valence-electron chi connectivity index (χ3n) is 6.43. The molecule has 0 aliphatic rings. The first-order chi connectivity index (χ1) is 18.9. The first kappa shape index (κ1) is 31.2. The Morgan fingerprint density at radius 1 is 0.625 bits per heavy atom. The zero-order valence-corrected chi connectivity index (χ0v) is 24.1. The predicted molar refractivity (Wildman–Crippen MR) is 156 cm³/mol. The van der Waals surface area contributed by atoms with Crippen molar-refractivity contribution >= 4 is 20.2 Å². The van der Waals surface area contributed by atoms with Gasteiger partial charge in [-0.3, -0.25) is 4.55 Å². The van der Waals surface area contributed by atoms with Gasteiger partial charge in [-0.25, -0.2) is 8.42 Å². The molecule has 0 aromatic heterocycles.